The fourth-order valence-corrected chi connectivity index (χ4v) is 11.4. The second kappa shape index (κ2) is 14.8. The van der Waals surface area contributed by atoms with Crippen LogP contribution in [0.5, 0.6) is 5.75 Å². The molecule has 6 aliphatic rings. The minimum Gasteiger partial charge on any atom is -0.490 e. The van der Waals surface area contributed by atoms with E-state index in [4.69, 9.17) is 25.8 Å². The van der Waals surface area contributed by atoms with Crippen LogP contribution in [-0.4, -0.2) is 110 Å². The molecule has 0 unspecified atom stereocenters. The number of carbonyl (C=O) groups is 2. The Labute approximate surface area is 318 Å². The van der Waals surface area contributed by atoms with E-state index < -0.39 is 21.9 Å². The molecule has 2 aliphatic carbocycles. The van der Waals surface area contributed by atoms with Crippen LogP contribution in [0.15, 0.2) is 52.9 Å². The first-order chi connectivity index (χ1) is 25.5. The van der Waals surface area contributed by atoms with E-state index in [1.165, 1.54) is 11.1 Å². The minimum atomic E-state index is -3.48. The zero-order valence-corrected chi connectivity index (χ0v) is 32.6. The summed E-state index contributed by atoms with van der Waals surface area (Å²) in [6.07, 6.45) is 10.2. The van der Waals surface area contributed by atoms with Gasteiger partial charge >= 0.3 is 6.03 Å². The summed E-state index contributed by atoms with van der Waals surface area (Å²) in [5.74, 6) is 0.777. The number of methoxy groups -OCH3 is 2. The standard InChI is InChI=1S/C40H52ClN5O6S/c1-26-6-4-8-36(51-3)33-12-9-29(33)18-46-24-40(15-5-7-27-16-30(41)11-13-34(27)40)25-52-37-14-10-28(17-35(37)46)38(47)42-53(49,23-26)43-39(48)45-19-31(20-45)44-21-32(22-44)50-2/h4,8,10-11,13-14,16-17,26,29,31-33,36H,5-7,9,12,15,18-25H2,1-3H3,(H,42,43,47,48,49)/b8-4+/t26-,29-,33+,36-,40-,53-/m0/s1. The van der Waals surface area contributed by atoms with Crippen LogP contribution in [-0.2, 0) is 31.2 Å². The number of allylic oxidation sites excluding steroid dienone is 1. The highest BCUT2D eigenvalue weighted by Crippen LogP contribution is 2.47. The van der Waals surface area contributed by atoms with Gasteiger partial charge in [-0.3, -0.25) is 14.4 Å². The Morgan fingerprint density at radius 1 is 1.08 bits per heavy atom. The maximum Gasteiger partial charge on any atom is 0.329 e. The highest BCUT2D eigenvalue weighted by molar-refractivity contribution is 7.92. The quantitative estimate of drug-likeness (QED) is 0.395. The van der Waals surface area contributed by atoms with Crippen LogP contribution in [0.25, 0.3) is 0 Å². The van der Waals surface area contributed by atoms with Crippen molar-refractivity contribution in [1.29, 1.82) is 0 Å². The van der Waals surface area contributed by atoms with Gasteiger partial charge in [-0.2, -0.15) is 0 Å². The number of carbonyl (C=O) groups excluding carboxylic acids is 2. The molecule has 53 heavy (non-hydrogen) atoms. The molecule has 2 aromatic rings. The van der Waals surface area contributed by atoms with Gasteiger partial charge in [-0.25, -0.2) is 9.00 Å². The molecule has 6 atom stereocenters. The van der Waals surface area contributed by atoms with Crippen molar-refractivity contribution in [1.82, 2.24) is 14.5 Å². The number of aryl methyl sites for hydroxylation is 1. The molecular weight excluding hydrogens is 714 g/mol. The number of hydrogen-bond acceptors (Lipinski definition) is 8. The van der Waals surface area contributed by atoms with Crippen molar-refractivity contribution in [3.05, 3.63) is 70.3 Å². The predicted octanol–water partition coefficient (Wildman–Crippen LogP) is 5.70. The predicted molar refractivity (Wildman–Crippen MR) is 206 cm³/mol. The highest BCUT2D eigenvalue weighted by atomic mass is 35.5. The largest absolute Gasteiger partial charge is 0.490 e. The lowest BCUT2D eigenvalue weighted by Gasteiger charge is -2.51. The van der Waals surface area contributed by atoms with Crippen LogP contribution in [0.4, 0.5) is 10.5 Å². The van der Waals surface area contributed by atoms with Gasteiger partial charge in [0.15, 0.2) is 0 Å². The first-order valence-corrected chi connectivity index (χ1v) is 21.2. The van der Waals surface area contributed by atoms with Crippen molar-refractivity contribution >= 4 is 39.1 Å². The van der Waals surface area contributed by atoms with Crippen LogP contribution < -0.4 is 14.4 Å². The highest BCUT2D eigenvalue weighted by Gasteiger charge is 2.45. The monoisotopic (exact) mass is 765 g/mol. The molecule has 2 aromatic carbocycles. The van der Waals surface area contributed by atoms with E-state index in [9.17, 15) is 13.8 Å². The average Bonchev–Trinajstić information content (AvgIpc) is 3.22. The van der Waals surface area contributed by atoms with Gasteiger partial charge in [0, 0.05) is 75.5 Å². The number of urea groups is 1. The normalized spacial score (nSPS) is 32.9. The number of halogens is 1. The summed E-state index contributed by atoms with van der Waals surface area (Å²) in [4.78, 5) is 33.9. The maximum absolute atomic E-state index is 14.6. The van der Waals surface area contributed by atoms with Crippen molar-refractivity contribution in [3.63, 3.8) is 0 Å². The van der Waals surface area contributed by atoms with E-state index in [1.54, 1.807) is 25.2 Å². The summed E-state index contributed by atoms with van der Waals surface area (Å²) in [5, 5.41) is 0.745. The number of rotatable bonds is 4. The number of benzene rings is 2. The molecule has 286 valence electrons. The van der Waals surface area contributed by atoms with Gasteiger partial charge in [0.1, 0.15) is 15.7 Å². The Balaban J connectivity index is 1.12. The lowest BCUT2D eigenvalue weighted by molar-refractivity contribution is -0.0775. The minimum absolute atomic E-state index is 0.0452. The molecule has 4 aliphatic heterocycles. The smallest absolute Gasteiger partial charge is 0.329 e. The first kappa shape index (κ1) is 36.8. The van der Waals surface area contributed by atoms with E-state index >= 15 is 0 Å². The Morgan fingerprint density at radius 2 is 1.91 bits per heavy atom. The van der Waals surface area contributed by atoms with Crippen LogP contribution >= 0.6 is 11.6 Å². The van der Waals surface area contributed by atoms with Crippen LogP contribution in [0.1, 0.15) is 60.5 Å². The maximum atomic E-state index is 14.6. The first-order valence-electron chi connectivity index (χ1n) is 19.2. The molecule has 1 saturated carbocycles. The summed E-state index contributed by atoms with van der Waals surface area (Å²) in [5.41, 5.74) is 3.46. The summed E-state index contributed by atoms with van der Waals surface area (Å²) < 4.78 is 39.8. The van der Waals surface area contributed by atoms with Crippen LogP contribution in [0, 0.1) is 17.8 Å². The Kier molecular flexibility index (Phi) is 10.3. The van der Waals surface area contributed by atoms with Gasteiger partial charge in [-0.05, 0) is 97.7 Å². The molecular formula is C40H52ClN5O6S. The molecule has 4 heterocycles. The number of amides is 3. The second-order valence-electron chi connectivity index (χ2n) is 16.2. The summed E-state index contributed by atoms with van der Waals surface area (Å²) in [6, 6.07) is 11.5. The van der Waals surface area contributed by atoms with Gasteiger partial charge in [0.2, 0.25) is 0 Å². The number of nitrogens with one attached hydrogen (secondary N) is 1. The molecule has 2 bridgehead atoms. The third-order valence-electron chi connectivity index (χ3n) is 12.6. The molecule has 1 N–H and O–H groups in total. The number of anilines is 1. The van der Waals surface area contributed by atoms with Crippen molar-refractivity contribution in [3.8, 4) is 5.75 Å². The molecule has 1 spiro atoms. The molecule has 2 saturated heterocycles. The molecule has 8 rings (SSSR count). The number of hydrogen-bond donors (Lipinski definition) is 1. The Morgan fingerprint density at radius 3 is 2.66 bits per heavy atom. The van der Waals surface area contributed by atoms with Crippen molar-refractivity contribution in [2.24, 2.45) is 22.1 Å². The molecule has 11 nitrogen and oxygen atoms in total. The van der Waals surface area contributed by atoms with E-state index in [-0.39, 0.29) is 35.3 Å². The number of fused-ring (bicyclic) bond motifs is 4. The average molecular weight is 766 g/mol. The zero-order valence-electron chi connectivity index (χ0n) is 31.0. The van der Waals surface area contributed by atoms with E-state index in [1.807, 2.05) is 25.1 Å². The molecule has 13 heteroatoms. The van der Waals surface area contributed by atoms with Crippen LogP contribution in [0.2, 0.25) is 5.02 Å². The lowest BCUT2D eigenvalue weighted by atomic mass is 9.68. The topological polar surface area (TPSA) is 113 Å². The second-order valence-corrected chi connectivity index (χ2v) is 18.7. The summed E-state index contributed by atoms with van der Waals surface area (Å²) in [7, 11) is 0.0153. The SMILES string of the molecule is COC1CN(C2CN(C(=O)N[S@@]3(=O)=NC(=O)c4ccc5c(c4)N(C[C@@H]4CC[C@H]4[C@@H](OC)/C=C/C[C@H](C)C3)C[C@@]3(CCCc4cc(Cl)ccc43)CO5)C2)C1. The third-order valence-corrected chi connectivity index (χ3v) is 14.8. The van der Waals surface area contributed by atoms with Crippen LogP contribution in [0.3, 0.4) is 0 Å². The van der Waals surface area contributed by atoms with Crippen molar-refractivity contribution in [2.75, 3.05) is 70.7 Å². The van der Waals surface area contributed by atoms with Crippen molar-refractivity contribution in [2.45, 2.75) is 69.1 Å². The molecule has 3 amide bonds. The fraction of sp³-hybridized carbons (Fsp3) is 0.600. The van der Waals surface area contributed by atoms with Gasteiger partial charge in [0.05, 0.1) is 30.3 Å². The molecule has 0 aromatic heterocycles. The van der Waals surface area contributed by atoms with Gasteiger partial charge < -0.3 is 24.0 Å². The van der Waals surface area contributed by atoms with Gasteiger partial charge in [0.25, 0.3) is 5.91 Å². The molecule has 3 fully saturated rings. The van der Waals surface area contributed by atoms with Crippen molar-refractivity contribution < 1.29 is 28.0 Å². The van der Waals surface area contributed by atoms with Gasteiger partial charge in [-0.1, -0.05) is 36.7 Å². The number of nitrogens with zero attached hydrogens (tertiary/aromatic N) is 4. The molecule has 0 radical (unpaired) electrons. The Hall–Kier alpha value is -3.16. The van der Waals surface area contributed by atoms with E-state index in [0.29, 0.717) is 49.3 Å². The van der Waals surface area contributed by atoms with E-state index in [2.05, 4.69) is 43.2 Å². The summed E-state index contributed by atoms with van der Waals surface area (Å²) >= 11 is 6.47. The van der Waals surface area contributed by atoms with E-state index in [0.717, 1.165) is 69.0 Å². The summed E-state index contributed by atoms with van der Waals surface area (Å²) in [6.45, 7) is 6.77. The third kappa shape index (κ3) is 7.34. The zero-order chi connectivity index (χ0) is 36.9. The van der Waals surface area contributed by atoms with Gasteiger partial charge in [-0.15, -0.1) is 4.36 Å². The lowest BCUT2D eigenvalue weighted by Crippen LogP contribution is -2.69. The number of likely N-dealkylation sites (tertiary alicyclic amines) is 2. The fourth-order valence-electron chi connectivity index (χ4n) is 9.34. The number of ether oxygens (including phenoxy) is 3. The Bertz CT molecular complexity index is 1890.